The van der Waals surface area contributed by atoms with E-state index in [9.17, 15) is 4.39 Å². The molecule has 1 N–H and O–H groups in total. The van der Waals surface area contributed by atoms with Crippen LogP contribution in [0.15, 0.2) is 47.6 Å². The second-order valence-corrected chi connectivity index (χ2v) is 4.36. The zero-order chi connectivity index (χ0) is 13.0. The molecule has 2 nitrogen and oxygen atoms in total. The molecule has 0 spiro atoms. The largest absolute Gasteiger partial charge is 0.279 e. The standard InChI is InChI=1S/C13H9Cl2FN2/c14-9-4-6-10(7-5-9)18-17-8-11-12(15)2-1-3-13(11)16/h1-8,18H/b17-8-. The lowest BCUT2D eigenvalue weighted by Crippen LogP contribution is -1.93. The van der Waals surface area contributed by atoms with Crippen molar-refractivity contribution >= 4 is 35.1 Å². The molecule has 0 atom stereocenters. The fourth-order valence-corrected chi connectivity index (χ4v) is 1.67. The van der Waals surface area contributed by atoms with Crippen molar-refractivity contribution < 1.29 is 4.39 Å². The van der Waals surface area contributed by atoms with Crippen LogP contribution in [0.2, 0.25) is 10.0 Å². The topological polar surface area (TPSA) is 24.4 Å². The number of hydrogen-bond acceptors (Lipinski definition) is 2. The van der Waals surface area contributed by atoms with Crippen molar-refractivity contribution in [2.75, 3.05) is 5.43 Å². The molecule has 0 saturated heterocycles. The van der Waals surface area contributed by atoms with E-state index in [-0.39, 0.29) is 5.56 Å². The number of benzene rings is 2. The minimum atomic E-state index is -0.413. The summed E-state index contributed by atoms with van der Waals surface area (Å²) in [5.41, 5.74) is 3.76. The summed E-state index contributed by atoms with van der Waals surface area (Å²) in [7, 11) is 0. The highest BCUT2D eigenvalue weighted by Gasteiger charge is 2.03. The van der Waals surface area contributed by atoms with E-state index in [1.54, 1.807) is 36.4 Å². The maximum absolute atomic E-state index is 13.4. The quantitative estimate of drug-likeness (QED) is 0.647. The number of hydrazone groups is 1. The lowest BCUT2D eigenvalue weighted by Gasteiger charge is -2.01. The molecule has 0 fully saturated rings. The van der Waals surface area contributed by atoms with E-state index in [2.05, 4.69) is 10.5 Å². The Balaban J connectivity index is 2.10. The molecule has 18 heavy (non-hydrogen) atoms. The molecule has 2 aromatic rings. The van der Waals surface area contributed by atoms with Gasteiger partial charge in [0.15, 0.2) is 0 Å². The first-order valence-corrected chi connectivity index (χ1v) is 5.91. The minimum Gasteiger partial charge on any atom is -0.279 e. The molecular weight excluding hydrogens is 274 g/mol. The Morgan fingerprint density at radius 1 is 1.06 bits per heavy atom. The van der Waals surface area contributed by atoms with Crippen LogP contribution in [0.25, 0.3) is 0 Å². The van der Waals surface area contributed by atoms with Gasteiger partial charge in [0.2, 0.25) is 0 Å². The molecular formula is C13H9Cl2FN2. The van der Waals surface area contributed by atoms with E-state index >= 15 is 0 Å². The Kier molecular flexibility index (Phi) is 4.18. The minimum absolute atomic E-state index is 0.251. The molecule has 0 aliphatic carbocycles. The van der Waals surface area contributed by atoms with Gasteiger partial charge in [0.1, 0.15) is 5.82 Å². The third-order valence-electron chi connectivity index (χ3n) is 2.23. The number of rotatable bonds is 3. The molecule has 5 heteroatoms. The number of anilines is 1. The van der Waals surface area contributed by atoms with Crippen molar-refractivity contribution in [3.8, 4) is 0 Å². The average Bonchev–Trinajstić information content (AvgIpc) is 2.35. The van der Waals surface area contributed by atoms with Crippen molar-refractivity contribution in [3.05, 3.63) is 63.9 Å². The van der Waals surface area contributed by atoms with Gasteiger partial charge in [-0.1, -0.05) is 29.3 Å². The summed E-state index contributed by atoms with van der Waals surface area (Å²) < 4.78 is 13.4. The van der Waals surface area contributed by atoms with Gasteiger partial charge in [0, 0.05) is 10.6 Å². The summed E-state index contributed by atoms with van der Waals surface area (Å²) in [4.78, 5) is 0. The van der Waals surface area contributed by atoms with Gasteiger partial charge in [-0.15, -0.1) is 0 Å². The van der Waals surface area contributed by atoms with E-state index in [0.717, 1.165) is 5.69 Å². The maximum atomic E-state index is 13.4. The molecule has 0 amide bonds. The highest BCUT2D eigenvalue weighted by molar-refractivity contribution is 6.33. The summed E-state index contributed by atoms with van der Waals surface area (Å²) in [5.74, 6) is -0.413. The molecule has 0 aliphatic rings. The van der Waals surface area contributed by atoms with Gasteiger partial charge in [0.05, 0.1) is 16.9 Å². The van der Waals surface area contributed by atoms with Crippen molar-refractivity contribution in [1.82, 2.24) is 0 Å². The molecule has 0 unspecified atom stereocenters. The van der Waals surface area contributed by atoms with Crippen molar-refractivity contribution in [3.63, 3.8) is 0 Å². The average molecular weight is 283 g/mol. The van der Waals surface area contributed by atoms with Crippen LogP contribution in [-0.4, -0.2) is 6.21 Å². The van der Waals surface area contributed by atoms with Crippen molar-refractivity contribution in [2.24, 2.45) is 5.10 Å². The first-order valence-electron chi connectivity index (χ1n) is 5.15. The summed E-state index contributed by atoms with van der Waals surface area (Å²) in [6, 6.07) is 11.5. The summed E-state index contributed by atoms with van der Waals surface area (Å²) in [6.45, 7) is 0. The lowest BCUT2D eigenvalue weighted by atomic mass is 10.2. The van der Waals surface area contributed by atoms with Crippen LogP contribution in [0.1, 0.15) is 5.56 Å². The predicted octanol–water partition coefficient (Wildman–Crippen LogP) is 4.58. The van der Waals surface area contributed by atoms with Gasteiger partial charge >= 0.3 is 0 Å². The molecule has 0 aliphatic heterocycles. The first-order chi connectivity index (χ1) is 8.66. The summed E-state index contributed by atoms with van der Waals surface area (Å²) >= 11 is 11.6. The zero-order valence-electron chi connectivity index (χ0n) is 9.20. The predicted molar refractivity (Wildman–Crippen MR) is 74.1 cm³/mol. The maximum Gasteiger partial charge on any atom is 0.133 e. The molecule has 0 saturated carbocycles. The van der Waals surface area contributed by atoms with Crippen LogP contribution in [0.4, 0.5) is 10.1 Å². The zero-order valence-corrected chi connectivity index (χ0v) is 10.7. The number of halogens is 3. The molecule has 0 bridgehead atoms. The van der Waals surface area contributed by atoms with Gasteiger partial charge < -0.3 is 0 Å². The third-order valence-corrected chi connectivity index (χ3v) is 2.81. The molecule has 2 rings (SSSR count). The molecule has 0 aromatic heterocycles. The Morgan fingerprint density at radius 2 is 1.78 bits per heavy atom. The fourth-order valence-electron chi connectivity index (χ4n) is 1.33. The third kappa shape index (κ3) is 3.22. The van der Waals surface area contributed by atoms with Crippen LogP contribution in [0.5, 0.6) is 0 Å². The van der Waals surface area contributed by atoms with Crippen LogP contribution in [0, 0.1) is 5.82 Å². The van der Waals surface area contributed by atoms with Crippen LogP contribution in [0.3, 0.4) is 0 Å². The van der Waals surface area contributed by atoms with E-state index in [0.29, 0.717) is 10.0 Å². The Hall–Kier alpha value is -1.58. The highest BCUT2D eigenvalue weighted by Crippen LogP contribution is 2.17. The van der Waals surface area contributed by atoms with Gasteiger partial charge in [0.25, 0.3) is 0 Å². The summed E-state index contributed by atoms with van der Waals surface area (Å²) in [6.07, 6.45) is 1.34. The van der Waals surface area contributed by atoms with E-state index in [1.807, 2.05) is 0 Å². The van der Waals surface area contributed by atoms with Crippen molar-refractivity contribution in [1.29, 1.82) is 0 Å². The normalized spacial score (nSPS) is 10.8. The second kappa shape index (κ2) is 5.85. The van der Waals surface area contributed by atoms with Gasteiger partial charge in [-0.2, -0.15) is 5.10 Å². The first kappa shape index (κ1) is 12.9. The summed E-state index contributed by atoms with van der Waals surface area (Å²) in [5, 5.41) is 4.88. The fraction of sp³-hybridized carbons (Fsp3) is 0. The highest BCUT2D eigenvalue weighted by atomic mass is 35.5. The molecule has 0 heterocycles. The SMILES string of the molecule is Fc1cccc(Cl)c1/C=N\Nc1ccc(Cl)cc1. The Labute approximate surface area is 114 Å². The number of hydrogen-bond donors (Lipinski definition) is 1. The van der Waals surface area contributed by atoms with Crippen molar-refractivity contribution in [2.45, 2.75) is 0 Å². The van der Waals surface area contributed by atoms with Crippen LogP contribution < -0.4 is 5.43 Å². The lowest BCUT2D eigenvalue weighted by molar-refractivity contribution is 0.626. The van der Waals surface area contributed by atoms with Crippen LogP contribution >= 0.6 is 23.2 Å². The van der Waals surface area contributed by atoms with E-state index in [4.69, 9.17) is 23.2 Å². The Bertz CT molecular complexity index is 547. The van der Waals surface area contributed by atoms with E-state index < -0.39 is 5.82 Å². The molecule has 2 aromatic carbocycles. The second-order valence-electron chi connectivity index (χ2n) is 3.51. The van der Waals surface area contributed by atoms with Gasteiger partial charge in [-0.05, 0) is 36.4 Å². The van der Waals surface area contributed by atoms with E-state index in [1.165, 1.54) is 12.3 Å². The monoisotopic (exact) mass is 282 g/mol. The smallest absolute Gasteiger partial charge is 0.133 e. The van der Waals surface area contributed by atoms with Gasteiger partial charge in [-0.25, -0.2) is 4.39 Å². The number of nitrogens with zero attached hydrogens (tertiary/aromatic N) is 1. The molecule has 92 valence electrons. The molecule has 0 radical (unpaired) electrons. The number of nitrogens with one attached hydrogen (secondary N) is 1. The van der Waals surface area contributed by atoms with Crippen LogP contribution in [-0.2, 0) is 0 Å². The van der Waals surface area contributed by atoms with Gasteiger partial charge in [-0.3, -0.25) is 5.43 Å². The Morgan fingerprint density at radius 3 is 2.44 bits per heavy atom.